The molecule has 0 saturated carbocycles. The van der Waals surface area contributed by atoms with Crippen LogP contribution in [0.25, 0.3) is 5.76 Å². The van der Waals surface area contributed by atoms with Gasteiger partial charge in [-0.15, -0.1) is 0 Å². The van der Waals surface area contributed by atoms with Gasteiger partial charge in [0.25, 0.3) is 11.7 Å². The molecule has 1 aliphatic heterocycles. The number of Topliss-reactive ketones (excluding diaryl/α,β-unsaturated/α-hetero) is 1. The lowest BCUT2D eigenvalue weighted by Gasteiger charge is -2.26. The summed E-state index contributed by atoms with van der Waals surface area (Å²) < 4.78 is 11.1. The second-order valence-electron chi connectivity index (χ2n) is 8.42. The van der Waals surface area contributed by atoms with Crippen LogP contribution in [-0.2, 0) is 9.59 Å². The van der Waals surface area contributed by atoms with Gasteiger partial charge in [-0.1, -0.05) is 23.7 Å². The number of aliphatic hydroxyl groups excluding tert-OH is 1. The summed E-state index contributed by atoms with van der Waals surface area (Å²) in [6, 6.07) is 19.0. The van der Waals surface area contributed by atoms with Crippen LogP contribution in [0.15, 0.2) is 72.3 Å². The summed E-state index contributed by atoms with van der Waals surface area (Å²) >= 11 is 6.14. The van der Waals surface area contributed by atoms with Crippen molar-refractivity contribution in [1.82, 2.24) is 0 Å². The van der Waals surface area contributed by atoms with Crippen LogP contribution in [0.4, 0.5) is 5.69 Å². The zero-order chi connectivity index (χ0) is 26.0. The lowest BCUT2D eigenvalue weighted by molar-refractivity contribution is -0.132. The molecule has 0 radical (unpaired) electrons. The monoisotopic (exact) mass is 502 g/mol. The van der Waals surface area contributed by atoms with Gasteiger partial charge >= 0.3 is 0 Å². The van der Waals surface area contributed by atoms with E-state index in [-0.39, 0.29) is 23.0 Å². The number of benzene rings is 3. The van der Waals surface area contributed by atoms with E-state index in [1.165, 1.54) is 24.1 Å². The zero-order valence-corrected chi connectivity index (χ0v) is 20.6. The fourth-order valence-corrected chi connectivity index (χ4v) is 4.30. The van der Waals surface area contributed by atoms with E-state index in [0.717, 1.165) is 0 Å². The fourth-order valence-electron chi connectivity index (χ4n) is 4.10. The Kier molecular flexibility index (Phi) is 7.00. The van der Waals surface area contributed by atoms with Crippen LogP contribution >= 0.6 is 11.6 Å². The number of hydrogen-bond donors (Lipinski definition) is 1. The van der Waals surface area contributed by atoms with Crippen LogP contribution < -0.4 is 14.4 Å². The number of carbonyl (C=O) groups excluding carboxylic acids is 2. The van der Waals surface area contributed by atoms with Crippen molar-refractivity contribution in [2.24, 2.45) is 0 Å². The second kappa shape index (κ2) is 10.1. The molecule has 0 spiro atoms. The Morgan fingerprint density at radius 3 is 2.44 bits per heavy atom. The molecule has 182 valence electrons. The van der Waals surface area contributed by atoms with Crippen LogP contribution in [-0.4, -0.2) is 30.0 Å². The highest BCUT2D eigenvalue weighted by molar-refractivity contribution is 6.51. The number of aliphatic hydroxyl groups is 1. The first-order valence-corrected chi connectivity index (χ1v) is 11.5. The number of hydrogen-bond acceptors (Lipinski definition) is 6. The summed E-state index contributed by atoms with van der Waals surface area (Å²) in [6.45, 7) is 3.78. The van der Waals surface area contributed by atoms with Crippen molar-refractivity contribution in [2.75, 3.05) is 12.0 Å². The topological polar surface area (TPSA) is 99.9 Å². The predicted molar refractivity (Wildman–Crippen MR) is 136 cm³/mol. The molecule has 1 heterocycles. The van der Waals surface area contributed by atoms with E-state index in [1.807, 2.05) is 19.9 Å². The number of ether oxygens (including phenoxy) is 2. The van der Waals surface area contributed by atoms with Gasteiger partial charge in [0, 0.05) is 11.3 Å². The molecule has 1 atom stereocenters. The standard InChI is InChI=1S/C28H23ClN2O5/c1-16(2)36-21-6-4-5-18(13-21)25-24(26(32)19-9-12-22(29)23(14-19)35-3)27(33)28(34)31(25)20-10-7-17(15-30)8-11-20/h4-14,16,25,32H,1-3H3/b26-24-. The average Bonchev–Trinajstić information content (AvgIpc) is 3.14. The Morgan fingerprint density at radius 2 is 1.81 bits per heavy atom. The summed E-state index contributed by atoms with van der Waals surface area (Å²) in [6.07, 6.45) is -0.0910. The third kappa shape index (κ3) is 4.64. The maximum atomic E-state index is 13.3. The maximum Gasteiger partial charge on any atom is 0.300 e. The molecular formula is C28H23ClN2O5. The Hall–Kier alpha value is -4.28. The molecule has 1 saturated heterocycles. The minimum absolute atomic E-state index is 0.0876. The molecule has 3 aromatic rings. The minimum Gasteiger partial charge on any atom is -0.507 e. The van der Waals surface area contributed by atoms with Gasteiger partial charge in [-0.05, 0) is 74.0 Å². The Labute approximate surface area is 213 Å². The van der Waals surface area contributed by atoms with E-state index in [0.29, 0.717) is 33.3 Å². The van der Waals surface area contributed by atoms with Crippen LogP contribution in [0.2, 0.25) is 5.02 Å². The van der Waals surface area contributed by atoms with Gasteiger partial charge in [0.15, 0.2) is 0 Å². The van der Waals surface area contributed by atoms with Crippen molar-refractivity contribution in [3.8, 4) is 17.6 Å². The number of nitriles is 1. The van der Waals surface area contributed by atoms with E-state index in [2.05, 4.69) is 0 Å². The van der Waals surface area contributed by atoms with E-state index in [1.54, 1.807) is 54.6 Å². The SMILES string of the molecule is COc1cc(/C(O)=C2/C(=O)C(=O)N(c3ccc(C#N)cc3)C2c2cccc(OC(C)C)c2)ccc1Cl. The van der Waals surface area contributed by atoms with Crippen molar-refractivity contribution in [1.29, 1.82) is 5.26 Å². The lowest BCUT2D eigenvalue weighted by atomic mass is 9.95. The van der Waals surface area contributed by atoms with Crippen molar-refractivity contribution in [2.45, 2.75) is 26.0 Å². The van der Waals surface area contributed by atoms with Gasteiger partial charge in [-0.3, -0.25) is 14.5 Å². The molecule has 0 aliphatic carbocycles. The van der Waals surface area contributed by atoms with Crippen LogP contribution in [0.1, 0.15) is 36.6 Å². The second-order valence-corrected chi connectivity index (χ2v) is 8.82. The number of ketones is 1. The third-order valence-corrected chi connectivity index (χ3v) is 6.00. The first-order valence-electron chi connectivity index (χ1n) is 11.2. The predicted octanol–water partition coefficient (Wildman–Crippen LogP) is 5.63. The summed E-state index contributed by atoms with van der Waals surface area (Å²) in [4.78, 5) is 28.0. The van der Waals surface area contributed by atoms with Gasteiger partial charge in [-0.2, -0.15) is 5.26 Å². The first kappa shape index (κ1) is 24.8. The smallest absolute Gasteiger partial charge is 0.300 e. The highest BCUT2D eigenvalue weighted by atomic mass is 35.5. The molecule has 1 unspecified atom stereocenters. The van der Waals surface area contributed by atoms with E-state index >= 15 is 0 Å². The molecule has 1 aliphatic rings. The fraction of sp³-hybridized carbons (Fsp3) is 0.179. The number of halogens is 1. The molecule has 7 nitrogen and oxygen atoms in total. The average molecular weight is 503 g/mol. The van der Waals surface area contributed by atoms with Gasteiger partial charge < -0.3 is 14.6 Å². The molecule has 36 heavy (non-hydrogen) atoms. The Bertz CT molecular complexity index is 1410. The van der Waals surface area contributed by atoms with Crippen molar-refractivity contribution in [3.63, 3.8) is 0 Å². The molecule has 1 fully saturated rings. The van der Waals surface area contributed by atoms with Crippen LogP contribution in [0.3, 0.4) is 0 Å². The summed E-state index contributed by atoms with van der Waals surface area (Å²) in [7, 11) is 1.44. The van der Waals surface area contributed by atoms with Crippen LogP contribution in [0, 0.1) is 11.3 Å². The van der Waals surface area contributed by atoms with Crippen molar-refractivity contribution >= 4 is 34.7 Å². The molecule has 0 aromatic heterocycles. The normalized spacial score (nSPS) is 16.8. The molecule has 8 heteroatoms. The van der Waals surface area contributed by atoms with Gasteiger partial charge in [0.2, 0.25) is 0 Å². The lowest BCUT2D eigenvalue weighted by Crippen LogP contribution is -2.29. The number of methoxy groups -OCH3 is 1. The minimum atomic E-state index is -0.949. The van der Waals surface area contributed by atoms with Gasteiger partial charge in [0.1, 0.15) is 17.3 Å². The number of anilines is 1. The molecular weight excluding hydrogens is 480 g/mol. The number of carbonyl (C=O) groups is 2. The summed E-state index contributed by atoms with van der Waals surface area (Å²) in [5.41, 5.74) is 1.57. The molecule has 1 amide bonds. The molecule has 3 aromatic carbocycles. The first-order chi connectivity index (χ1) is 17.2. The van der Waals surface area contributed by atoms with E-state index < -0.39 is 17.7 Å². The van der Waals surface area contributed by atoms with E-state index in [4.69, 9.17) is 26.3 Å². The molecule has 1 N–H and O–H groups in total. The number of nitrogens with zero attached hydrogens (tertiary/aromatic N) is 2. The molecule has 4 rings (SSSR count). The highest BCUT2D eigenvalue weighted by Crippen LogP contribution is 2.43. The zero-order valence-electron chi connectivity index (χ0n) is 19.9. The quantitative estimate of drug-likeness (QED) is 0.266. The van der Waals surface area contributed by atoms with E-state index in [9.17, 15) is 14.7 Å². The summed E-state index contributed by atoms with van der Waals surface area (Å²) in [5, 5.41) is 20.8. The largest absolute Gasteiger partial charge is 0.507 e. The number of amides is 1. The Balaban J connectivity index is 1.94. The highest BCUT2D eigenvalue weighted by Gasteiger charge is 2.47. The summed E-state index contributed by atoms with van der Waals surface area (Å²) in [5.74, 6) is -1.14. The van der Waals surface area contributed by atoms with Gasteiger partial charge in [0.05, 0.1) is 41.5 Å². The third-order valence-electron chi connectivity index (χ3n) is 5.69. The Morgan fingerprint density at radius 1 is 1.08 bits per heavy atom. The number of rotatable bonds is 6. The van der Waals surface area contributed by atoms with Crippen molar-refractivity contribution in [3.05, 3.63) is 94.0 Å². The maximum absolute atomic E-state index is 13.3. The van der Waals surface area contributed by atoms with Gasteiger partial charge in [-0.25, -0.2) is 0 Å². The van der Waals surface area contributed by atoms with Crippen LogP contribution in [0.5, 0.6) is 11.5 Å². The molecule has 0 bridgehead atoms. The van der Waals surface area contributed by atoms with Crippen molar-refractivity contribution < 1.29 is 24.2 Å².